The van der Waals surface area contributed by atoms with Crippen LogP contribution in [0.4, 0.5) is 0 Å². The standard InChI is InChI=1S/C22H26O5.CH4O/c1-3-26-18-8-5-15(6-9-18)10-17-11-16(7-4-14(17)2)20-12-19(24)22(25)21(13-23)27-20;1-2/h4-9,11,19-21,23-24H,3,10,12-13H2,1-2H3;2H,1H3. The van der Waals surface area contributed by atoms with Gasteiger partial charge < -0.3 is 24.8 Å². The maximum atomic E-state index is 11.8. The summed E-state index contributed by atoms with van der Waals surface area (Å²) in [6.45, 7) is 4.24. The molecule has 0 saturated carbocycles. The monoisotopic (exact) mass is 402 g/mol. The third-order valence-electron chi connectivity index (χ3n) is 4.95. The van der Waals surface area contributed by atoms with E-state index in [0.29, 0.717) is 6.61 Å². The number of ketones is 1. The average Bonchev–Trinajstić information content (AvgIpc) is 2.74. The Kier molecular flexibility index (Phi) is 8.79. The molecule has 2 aromatic rings. The fourth-order valence-electron chi connectivity index (χ4n) is 3.37. The van der Waals surface area contributed by atoms with Crippen LogP contribution in [0.1, 0.15) is 41.7 Å². The lowest BCUT2D eigenvalue weighted by atomic mass is 9.91. The highest BCUT2D eigenvalue weighted by Gasteiger charge is 2.36. The predicted molar refractivity (Wildman–Crippen MR) is 110 cm³/mol. The second-order valence-corrected chi connectivity index (χ2v) is 6.89. The minimum absolute atomic E-state index is 0.209. The zero-order chi connectivity index (χ0) is 21.4. The molecule has 0 amide bonds. The second-order valence-electron chi connectivity index (χ2n) is 6.89. The van der Waals surface area contributed by atoms with Gasteiger partial charge in [0.2, 0.25) is 0 Å². The fourth-order valence-corrected chi connectivity index (χ4v) is 3.37. The molecular weight excluding hydrogens is 372 g/mol. The van der Waals surface area contributed by atoms with Crippen LogP contribution in [0.3, 0.4) is 0 Å². The van der Waals surface area contributed by atoms with Crippen molar-refractivity contribution in [2.75, 3.05) is 20.3 Å². The lowest BCUT2D eigenvalue weighted by Gasteiger charge is -2.31. The van der Waals surface area contributed by atoms with Gasteiger partial charge >= 0.3 is 0 Å². The van der Waals surface area contributed by atoms with Crippen LogP contribution in [-0.4, -0.2) is 53.6 Å². The summed E-state index contributed by atoms with van der Waals surface area (Å²) in [6.07, 6.45) is -1.49. The third-order valence-corrected chi connectivity index (χ3v) is 4.95. The van der Waals surface area contributed by atoms with Gasteiger partial charge in [0, 0.05) is 13.5 Å². The van der Waals surface area contributed by atoms with Crippen LogP contribution in [0.2, 0.25) is 0 Å². The minimum Gasteiger partial charge on any atom is -0.494 e. The lowest BCUT2D eigenvalue weighted by molar-refractivity contribution is -0.161. The van der Waals surface area contributed by atoms with Gasteiger partial charge in [0.1, 0.15) is 18.0 Å². The number of ether oxygens (including phenoxy) is 2. The average molecular weight is 402 g/mol. The van der Waals surface area contributed by atoms with Gasteiger partial charge in [-0.3, -0.25) is 4.79 Å². The van der Waals surface area contributed by atoms with E-state index in [1.807, 2.05) is 31.2 Å². The lowest BCUT2D eigenvalue weighted by Crippen LogP contribution is -2.43. The first kappa shape index (κ1) is 23.0. The molecule has 0 aromatic heterocycles. The van der Waals surface area contributed by atoms with Crippen LogP contribution in [0.5, 0.6) is 5.75 Å². The van der Waals surface area contributed by atoms with Crippen LogP contribution in [0, 0.1) is 6.92 Å². The highest BCUT2D eigenvalue weighted by Crippen LogP contribution is 2.31. The van der Waals surface area contributed by atoms with E-state index in [1.54, 1.807) is 0 Å². The molecule has 0 aliphatic carbocycles. The van der Waals surface area contributed by atoms with E-state index < -0.39 is 30.7 Å². The molecule has 1 heterocycles. The normalized spacial score (nSPS) is 21.3. The number of carbonyl (C=O) groups is 1. The van der Waals surface area contributed by atoms with Crippen molar-refractivity contribution < 1.29 is 29.6 Å². The molecule has 3 rings (SSSR count). The predicted octanol–water partition coefficient (Wildman–Crippen LogP) is 2.35. The molecule has 2 aromatic carbocycles. The number of hydrogen-bond donors (Lipinski definition) is 3. The number of aliphatic hydroxyl groups excluding tert-OH is 3. The van der Waals surface area contributed by atoms with E-state index in [-0.39, 0.29) is 6.42 Å². The minimum atomic E-state index is -1.10. The Labute approximate surface area is 171 Å². The van der Waals surface area contributed by atoms with Crippen LogP contribution >= 0.6 is 0 Å². The van der Waals surface area contributed by atoms with Gasteiger partial charge in [-0.25, -0.2) is 0 Å². The van der Waals surface area contributed by atoms with Crippen molar-refractivity contribution in [1.29, 1.82) is 0 Å². The van der Waals surface area contributed by atoms with Crippen molar-refractivity contribution in [1.82, 2.24) is 0 Å². The molecule has 1 aliphatic rings. The number of carbonyl (C=O) groups excluding carboxylic acids is 1. The third kappa shape index (κ3) is 5.87. The van der Waals surface area contributed by atoms with Crippen molar-refractivity contribution in [2.45, 2.75) is 45.0 Å². The quantitative estimate of drug-likeness (QED) is 0.686. The van der Waals surface area contributed by atoms with E-state index in [1.165, 1.54) is 11.1 Å². The number of aryl methyl sites for hydroxylation is 1. The largest absolute Gasteiger partial charge is 0.494 e. The molecule has 3 N–H and O–H groups in total. The summed E-state index contributed by atoms with van der Waals surface area (Å²) in [6, 6.07) is 14.1. The van der Waals surface area contributed by atoms with Gasteiger partial charge in [-0.05, 0) is 54.7 Å². The van der Waals surface area contributed by atoms with Gasteiger partial charge in [-0.2, -0.15) is 0 Å². The molecule has 6 heteroatoms. The van der Waals surface area contributed by atoms with E-state index in [0.717, 1.165) is 30.4 Å². The molecule has 1 fully saturated rings. The van der Waals surface area contributed by atoms with E-state index in [2.05, 4.69) is 25.1 Å². The highest BCUT2D eigenvalue weighted by atomic mass is 16.5. The molecule has 6 nitrogen and oxygen atoms in total. The molecule has 3 atom stereocenters. The molecule has 29 heavy (non-hydrogen) atoms. The smallest absolute Gasteiger partial charge is 0.192 e. The first-order valence-electron chi connectivity index (χ1n) is 9.75. The number of rotatable bonds is 6. The van der Waals surface area contributed by atoms with Crippen molar-refractivity contribution in [2.24, 2.45) is 0 Å². The Morgan fingerprint density at radius 1 is 1.14 bits per heavy atom. The molecule has 1 aliphatic heterocycles. The van der Waals surface area contributed by atoms with Crippen molar-refractivity contribution >= 4 is 5.78 Å². The second kappa shape index (κ2) is 11.1. The molecule has 158 valence electrons. The van der Waals surface area contributed by atoms with Gasteiger partial charge in [-0.15, -0.1) is 0 Å². The van der Waals surface area contributed by atoms with Crippen molar-refractivity contribution in [3.05, 3.63) is 64.7 Å². The summed E-state index contributed by atoms with van der Waals surface area (Å²) in [4.78, 5) is 11.8. The Morgan fingerprint density at radius 3 is 2.45 bits per heavy atom. The Hall–Kier alpha value is -2.25. The van der Waals surface area contributed by atoms with Crippen LogP contribution in [0.15, 0.2) is 42.5 Å². The summed E-state index contributed by atoms with van der Waals surface area (Å²) < 4.78 is 11.2. The summed E-state index contributed by atoms with van der Waals surface area (Å²) >= 11 is 0. The Balaban J connectivity index is 0.00000145. The SMILES string of the molecule is CCOc1ccc(Cc2cc(C3CC(O)C(=O)C(CO)O3)ccc2C)cc1.CO. The molecular formula is C23H30O6. The first-order valence-corrected chi connectivity index (χ1v) is 9.75. The number of hydrogen-bond acceptors (Lipinski definition) is 6. The molecule has 0 spiro atoms. The summed E-state index contributed by atoms with van der Waals surface area (Å²) in [5.74, 6) is 0.409. The number of Topliss-reactive ketones (excluding diaryl/α,β-unsaturated/α-hetero) is 1. The van der Waals surface area contributed by atoms with E-state index >= 15 is 0 Å². The van der Waals surface area contributed by atoms with Crippen molar-refractivity contribution in [3.63, 3.8) is 0 Å². The number of aliphatic hydroxyl groups is 3. The summed E-state index contributed by atoms with van der Waals surface area (Å²) in [5.41, 5.74) is 4.41. The van der Waals surface area contributed by atoms with Gasteiger partial charge in [0.05, 0.1) is 19.3 Å². The van der Waals surface area contributed by atoms with Gasteiger partial charge in [0.25, 0.3) is 0 Å². The Morgan fingerprint density at radius 2 is 1.83 bits per heavy atom. The zero-order valence-electron chi connectivity index (χ0n) is 17.2. The highest BCUT2D eigenvalue weighted by molar-refractivity contribution is 5.88. The van der Waals surface area contributed by atoms with E-state index in [4.69, 9.17) is 14.6 Å². The Bertz CT molecular complexity index is 786. The van der Waals surface area contributed by atoms with Crippen LogP contribution in [0.25, 0.3) is 0 Å². The molecule has 0 radical (unpaired) electrons. The molecule has 3 unspecified atom stereocenters. The molecule has 1 saturated heterocycles. The van der Waals surface area contributed by atoms with Gasteiger partial charge in [-0.1, -0.05) is 30.3 Å². The van der Waals surface area contributed by atoms with Crippen LogP contribution < -0.4 is 4.74 Å². The first-order chi connectivity index (χ1) is 14.0. The summed E-state index contributed by atoms with van der Waals surface area (Å²) in [5, 5.41) is 26.3. The van der Waals surface area contributed by atoms with Gasteiger partial charge in [0.15, 0.2) is 5.78 Å². The topological polar surface area (TPSA) is 96.2 Å². The maximum absolute atomic E-state index is 11.8. The summed E-state index contributed by atoms with van der Waals surface area (Å²) in [7, 11) is 1.00. The zero-order valence-corrected chi connectivity index (χ0v) is 17.2. The number of benzene rings is 2. The fraction of sp³-hybridized carbons (Fsp3) is 0.435. The van der Waals surface area contributed by atoms with E-state index in [9.17, 15) is 15.0 Å². The van der Waals surface area contributed by atoms with Crippen molar-refractivity contribution in [3.8, 4) is 5.75 Å². The molecule has 0 bridgehead atoms. The van der Waals surface area contributed by atoms with Crippen LogP contribution in [-0.2, 0) is 16.0 Å². The maximum Gasteiger partial charge on any atom is 0.192 e.